The van der Waals surface area contributed by atoms with E-state index in [0.29, 0.717) is 6.04 Å². The second-order valence-corrected chi connectivity index (χ2v) is 5.23. The van der Waals surface area contributed by atoms with E-state index in [9.17, 15) is 0 Å². The molecule has 0 aliphatic heterocycles. The Hall–Kier alpha value is -0.380. The average molecular weight is 240 g/mol. The minimum Gasteiger partial charge on any atom is -0.328 e. The Kier molecular flexibility index (Phi) is 6.69. The molecule has 0 saturated carbocycles. The Labute approximate surface area is 103 Å². The molecule has 0 aliphatic rings. The summed E-state index contributed by atoms with van der Waals surface area (Å²) in [5, 5.41) is 2.14. The second kappa shape index (κ2) is 7.82. The number of nitrogens with zero attached hydrogens (tertiary/aromatic N) is 1. The highest BCUT2D eigenvalue weighted by molar-refractivity contribution is 7.09. The van der Waals surface area contributed by atoms with Gasteiger partial charge in [-0.05, 0) is 50.3 Å². The Morgan fingerprint density at radius 3 is 2.62 bits per heavy atom. The van der Waals surface area contributed by atoms with Crippen LogP contribution in [0, 0.1) is 0 Å². The van der Waals surface area contributed by atoms with Crippen LogP contribution in [0.15, 0.2) is 17.5 Å². The Morgan fingerprint density at radius 2 is 2.06 bits per heavy atom. The van der Waals surface area contributed by atoms with Crippen LogP contribution in [-0.4, -0.2) is 30.6 Å². The number of rotatable bonds is 8. The highest BCUT2D eigenvalue weighted by Gasteiger charge is 2.06. The van der Waals surface area contributed by atoms with E-state index < -0.39 is 0 Å². The molecule has 2 N–H and O–H groups in total. The minimum atomic E-state index is 0.350. The van der Waals surface area contributed by atoms with Crippen LogP contribution in [0.1, 0.15) is 31.6 Å². The largest absolute Gasteiger partial charge is 0.328 e. The van der Waals surface area contributed by atoms with Gasteiger partial charge in [0.2, 0.25) is 0 Å². The maximum atomic E-state index is 6.13. The van der Waals surface area contributed by atoms with Gasteiger partial charge in [0, 0.05) is 10.9 Å². The SMILES string of the molecule is CCN(CC)CCC(N)CCc1cccs1. The van der Waals surface area contributed by atoms with Crippen molar-refractivity contribution in [2.75, 3.05) is 19.6 Å². The summed E-state index contributed by atoms with van der Waals surface area (Å²) >= 11 is 1.83. The molecule has 0 radical (unpaired) electrons. The third-order valence-electron chi connectivity index (χ3n) is 3.05. The Bertz CT molecular complexity index is 255. The highest BCUT2D eigenvalue weighted by atomic mass is 32.1. The maximum Gasteiger partial charge on any atom is 0.00544 e. The van der Waals surface area contributed by atoms with Crippen molar-refractivity contribution in [1.82, 2.24) is 4.90 Å². The van der Waals surface area contributed by atoms with Gasteiger partial charge < -0.3 is 10.6 Å². The molecule has 0 aromatic carbocycles. The van der Waals surface area contributed by atoms with Crippen molar-refractivity contribution in [2.24, 2.45) is 5.73 Å². The van der Waals surface area contributed by atoms with Crippen LogP contribution < -0.4 is 5.73 Å². The monoisotopic (exact) mass is 240 g/mol. The Balaban J connectivity index is 2.13. The molecule has 0 aliphatic carbocycles. The van der Waals surface area contributed by atoms with Crippen molar-refractivity contribution < 1.29 is 0 Å². The molecule has 1 aromatic heterocycles. The fraction of sp³-hybridized carbons (Fsp3) is 0.692. The first-order valence-corrected chi connectivity index (χ1v) is 7.14. The quantitative estimate of drug-likeness (QED) is 0.757. The highest BCUT2D eigenvalue weighted by Crippen LogP contribution is 2.12. The molecular weight excluding hydrogens is 216 g/mol. The zero-order valence-electron chi connectivity index (χ0n) is 10.5. The molecule has 1 unspecified atom stereocenters. The smallest absolute Gasteiger partial charge is 0.00544 e. The van der Waals surface area contributed by atoms with Gasteiger partial charge in [0.1, 0.15) is 0 Å². The fourth-order valence-electron chi connectivity index (χ4n) is 1.82. The van der Waals surface area contributed by atoms with Crippen LogP contribution in [-0.2, 0) is 6.42 Å². The number of thiophene rings is 1. The van der Waals surface area contributed by atoms with Gasteiger partial charge in [-0.3, -0.25) is 0 Å². The lowest BCUT2D eigenvalue weighted by Crippen LogP contribution is -2.30. The molecule has 0 saturated heterocycles. The molecule has 1 rings (SSSR count). The molecule has 2 nitrogen and oxygen atoms in total. The topological polar surface area (TPSA) is 29.3 Å². The maximum absolute atomic E-state index is 6.13. The number of hydrogen-bond donors (Lipinski definition) is 1. The molecule has 1 heterocycles. The van der Waals surface area contributed by atoms with Gasteiger partial charge in [-0.2, -0.15) is 0 Å². The van der Waals surface area contributed by atoms with Crippen LogP contribution in [0.2, 0.25) is 0 Å². The summed E-state index contributed by atoms with van der Waals surface area (Å²) < 4.78 is 0. The molecule has 1 aromatic rings. The van der Waals surface area contributed by atoms with Crippen LogP contribution in [0.25, 0.3) is 0 Å². The lowest BCUT2D eigenvalue weighted by molar-refractivity contribution is 0.288. The van der Waals surface area contributed by atoms with Crippen molar-refractivity contribution in [3.8, 4) is 0 Å². The Morgan fingerprint density at radius 1 is 1.31 bits per heavy atom. The van der Waals surface area contributed by atoms with Gasteiger partial charge in [-0.1, -0.05) is 19.9 Å². The van der Waals surface area contributed by atoms with E-state index in [1.807, 2.05) is 11.3 Å². The first-order chi connectivity index (χ1) is 7.76. The summed E-state index contributed by atoms with van der Waals surface area (Å²) in [5.41, 5.74) is 6.13. The van der Waals surface area contributed by atoms with Crippen LogP contribution in [0.4, 0.5) is 0 Å². The molecule has 0 fully saturated rings. The summed E-state index contributed by atoms with van der Waals surface area (Å²) in [6.07, 6.45) is 3.37. The third-order valence-corrected chi connectivity index (χ3v) is 3.99. The normalized spacial score (nSPS) is 13.2. The van der Waals surface area contributed by atoms with E-state index in [1.54, 1.807) is 0 Å². The van der Waals surface area contributed by atoms with Crippen LogP contribution in [0.3, 0.4) is 0 Å². The van der Waals surface area contributed by atoms with Gasteiger partial charge in [0.25, 0.3) is 0 Å². The summed E-state index contributed by atoms with van der Waals surface area (Å²) in [6, 6.07) is 4.66. The summed E-state index contributed by atoms with van der Waals surface area (Å²) in [4.78, 5) is 3.89. The van der Waals surface area contributed by atoms with Gasteiger partial charge >= 0.3 is 0 Å². The zero-order valence-corrected chi connectivity index (χ0v) is 11.3. The predicted octanol–water partition coefficient (Wildman–Crippen LogP) is 2.74. The predicted molar refractivity (Wildman–Crippen MR) is 73.0 cm³/mol. The van der Waals surface area contributed by atoms with Crippen molar-refractivity contribution >= 4 is 11.3 Å². The average Bonchev–Trinajstić information content (AvgIpc) is 2.80. The first kappa shape index (κ1) is 13.7. The van der Waals surface area contributed by atoms with E-state index in [4.69, 9.17) is 5.73 Å². The van der Waals surface area contributed by atoms with Crippen molar-refractivity contribution in [3.05, 3.63) is 22.4 Å². The van der Waals surface area contributed by atoms with Crippen LogP contribution >= 0.6 is 11.3 Å². The van der Waals surface area contributed by atoms with Gasteiger partial charge in [-0.25, -0.2) is 0 Å². The van der Waals surface area contributed by atoms with Gasteiger partial charge in [0.15, 0.2) is 0 Å². The lowest BCUT2D eigenvalue weighted by atomic mass is 10.1. The molecule has 0 spiro atoms. The molecule has 0 bridgehead atoms. The van der Waals surface area contributed by atoms with Crippen molar-refractivity contribution in [1.29, 1.82) is 0 Å². The molecule has 1 atom stereocenters. The first-order valence-electron chi connectivity index (χ1n) is 6.26. The van der Waals surface area contributed by atoms with E-state index in [0.717, 1.165) is 38.9 Å². The second-order valence-electron chi connectivity index (χ2n) is 4.19. The van der Waals surface area contributed by atoms with E-state index >= 15 is 0 Å². The van der Waals surface area contributed by atoms with E-state index in [-0.39, 0.29) is 0 Å². The van der Waals surface area contributed by atoms with E-state index in [2.05, 4.69) is 36.3 Å². The molecule has 92 valence electrons. The number of nitrogens with two attached hydrogens (primary N) is 1. The van der Waals surface area contributed by atoms with E-state index in [1.165, 1.54) is 4.88 Å². The molecule has 16 heavy (non-hydrogen) atoms. The minimum absolute atomic E-state index is 0.350. The molecular formula is C13H24N2S. The van der Waals surface area contributed by atoms with Crippen molar-refractivity contribution in [2.45, 2.75) is 39.2 Å². The third kappa shape index (κ3) is 5.10. The van der Waals surface area contributed by atoms with Gasteiger partial charge in [-0.15, -0.1) is 11.3 Å². The molecule has 0 amide bonds. The standard InChI is InChI=1S/C13H24N2S/c1-3-15(4-2)10-9-12(14)7-8-13-6-5-11-16-13/h5-6,11-12H,3-4,7-10,14H2,1-2H3. The zero-order chi connectivity index (χ0) is 11.8. The van der Waals surface area contributed by atoms with Crippen LogP contribution in [0.5, 0.6) is 0 Å². The summed E-state index contributed by atoms with van der Waals surface area (Å²) in [7, 11) is 0. The fourth-order valence-corrected chi connectivity index (χ4v) is 2.54. The summed E-state index contributed by atoms with van der Waals surface area (Å²) in [5.74, 6) is 0. The summed E-state index contributed by atoms with van der Waals surface area (Å²) in [6.45, 7) is 7.82. The van der Waals surface area contributed by atoms with Gasteiger partial charge in [0.05, 0.1) is 0 Å². The number of aryl methyl sites for hydroxylation is 1. The lowest BCUT2D eigenvalue weighted by Gasteiger charge is -2.20. The van der Waals surface area contributed by atoms with Crippen molar-refractivity contribution in [3.63, 3.8) is 0 Å². The molecule has 3 heteroatoms. The number of hydrogen-bond acceptors (Lipinski definition) is 3.